The van der Waals surface area contributed by atoms with Gasteiger partial charge >= 0.3 is 185 Å². The zero-order valence-corrected chi connectivity index (χ0v) is 25.8. The minimum atomic E-state index is -3.36. The molecule has 0 amide bonds. The average Bonchev–Trinajstić information content (AvgIpc) is 3.21. The molecule has 5 heteroatoms. The van der Waals surface area contributed by atoms with E-state index in [-0.39, 0.29) is 24.8 Å². The summed E-state index contributed by atoms with van der Waals surface area (Å²) in [4.78, 5) is 0. The Morgan fingerprint density at radius 2 is 1.41 bits per heavy atom. The van der Waals surface area contributed by atoms with Crippen LogP contribution in [0.3, 0.4) is 0 Å². The minimum Gasteiger partial charge on any atom is -0.147 e. The van der Waals surface area contributed by atoms with Gasteiger partial charge in [-0.25, -0.2) is 0 Å². The van der Waals surface area contributed by atoms with Gasteiger partial charge in [-0.15, -0.1) is 24.8 Å². The van der Waals surface area contributed by atoms with Crippen LogP contribution in [0.4, 0.5) is 0 Å². The Morgan fingerprint density at radius 1 is 0.844 bits per heavy atom. The van der Waals surface area contributed by atoms with Crippen LogP contribution in [0.15, 0.2) is 74.6 Å². The van der Waals surface area contributed by atoms with Gasteiger partial charge in [0.25, 0.3) is 0 Å². The summed E-state index contributed by atoms with van der Waals surface area (Å²) in [6.45, 7) is 11.8. The number of halogens is 2. The fourth-order valence-electron chi connectivity index (χ4n) is 6.09. The Labute approximate surface area is 208 Å². The first kappa shape index (κ1) is 27.4. The summed E-state index contributed by atoms with van der Waals surface area (Å²) >= 11 is -3.36. The van der Waals surface area contributed by atoms with Gasteiger partial charge in [-0.05, 0) is 0 Å². The molecule has 4 rings (SSSR count). The van der Waals surface area contributed by atoms with E-state index in [1.54, 1.807) is 21.5 Å². The number of hydrogen-bond donors (Lipinski definition) is 0. The molecule has 172 valence electrons. The van der Waals surface area contributed by atoms with Gasteiger partial charge in [0, 0.05) is 0 Å². The Morgan fingerprint density at radius 3 is 1.97 bits per heavy atom. The van der Waals surface area contributed by atoms with E-state index >= 15 is 0 Å². The molecule has 2 unspecified atom stereocenters. The van der Waals surface area contributed by atoms with E-state index in [1.165, 1.54) is 27.8 Å². The first-order chi connectivity index (χ1) is 14.1. The molecule has 0 bridgehead atoms. The standard InChI is InChI=1S/C16H13O.C9H13.2CH3.2ClH.H2Si.Zr/c1-17-16-9-5-4-8-15(16)14-11-10-12-6-2-3-7-13(12)14;1-6-5-7(2)9(4)8(6)3;;;;;;/h2-11H,1H3;6H,1-4H3;2*1H3;2*1H;1H2;. The van der Waals surface area contributed by atoms with Crippen LogP contribution >= 0.6 is 24.8 Å². The van der Waals surface area contributed by atoms with Crippen molar-refractivity contribution in [1.82, 2.24) is 0 Å². The van der Waals surface area contributed by atoms with Gasteiger partial charge in [0.15, 0.2) is 0 Å². The second-order valence-electron chi connectivity index (χ2n) is 10.2. The van der Waals surface area contributed by atoms with Crippen molar-refractivity contribution in [3.05, 3.63) is 91.3 Å². The van der Waals surface area contributed by atoms with Crippen molar-refractivity contribution < 1.29 is 22.1 Å². The Kier molecular flexibility index (Phi) is 8.06. The zero-order valence-electron chi connectivity index (χ0n) is 20.3. The molecule has 0 aliphatic heterocycles. The van der Waals surface area contributed by atoms with Gasteiger partial charge in [-0.3, -0.25) is 0 Å². The van der Waals surface area contributed by atoms with Gasteiger partial charge in [-0.2, -0.15) is 0 Å². The molecule has 0 spiro atoms. The molecule has 2 aliphatic carbocycles. The summed E-state index contributed by atoms with van der Waals surface area (Å²) in [7, 11) is 1.77. The third-order valence-electron chi connectivity index (χ3n) is 7.84. The maximum absolute atomic E-state index is 5.74. The molecule has 32 heavy (non-hydrogen) atoms. The maximum atomic E-state index is 5.74. The Bertz CT molecular complexity index is 1220. The molecular weight excluding hydrogens is 531 g/mol. The molecule has 0 radical (unpaired) electrons. The van der Waals surface area contributed by atoms with Crippen molar-refractivity contribution in [2.75, 3.05) is 7.11 Å². The van der Waals surface area contributed by atoms with E-state index in [2.05, 4.69) is 98.4 Å². The summed E-state index contributed by atoms with van der Waals surface area (Å²) in [5.41, 5.74) is 10.1. The van der Waals surface area contributed by atoms with Crippen LogP contribution in [0.1, 0.15) is 48.0 Å². The summed E-state index contributed by atoms with van der Waals surface area (Å²) < 4.78 is 13.4. The SMILES string of the molecule is COc1ccccc1C1=C[CH]([Zr]([CH3])([CH3])(=[SiH2])[C]2=C(C)C(C)=C(C)C2C)c2ccccc21.Cl.Cl. The molecule has 0 N–H and O–H groups in total. The van der Waals surface area contributed by atoms with Crippen LogP contribution < -0.4 is 4.74 Å². The molecule has 2 aromatic carbocycles. The first-order valence-electron chi connectivity index (χ1n) is 11.0. The topological polar surface area (TPSA) is 9.23 Å². The number of fused-ring (bicyclic) bond motifs is 1. The van der Waals surface area contributed by atoms with Gasteiger partial charge in [0.05, 0.1) is 0 Å². The summed E-state index contributed by atoms with van der Waals surface area (Å²) in [5, 5.41) is 0. The van der Waals surface area contributed by atoms with Crippen molar-refractivity contribution in [2.24, 2.45) is 5.92 Å². The predicted octanol–water partition coefficient (Wildman–Crippen LogP) is 7.62. The van der Waals surface area contributed by atoms with E-state index in [0.717, 1.165) is 5.75 Å². The van der Waals surface area contributed by atoms with E-state index in [1.807, 2.05) is 0 Å². The average molecular weight is 567 g/mol. The van der Waals surface area contributed by atoms with Crippen LogP contribution in [0, 0.1) is 5.92 Å². The van der Waals surface area contributed by atoms with Crippen molar-refractivity contribution in [2.45, 2.75) is 40.6 Å². The molecule has 0 saturated carbocycles. The Hall–Kier alpha value is -0.860. The van der Waals surface area contributed by atoms with Crippen molar-refractivity contribution in [3.63, 3.8) is 0 Å². The molecule has 2 aromatic rings. The van der Waals surface area contributed by atoms with Crippen LogP contribution in [0.25, 0.3) is 5.57 Å². The van der Waals surface area contributed by atoms with Gasteiger partial charge in [0.1, 0.15) is 0 Å². The minimum absolute atomic E-state index is 0. The number of para-hydroxylation sites is 1. The number of ether oxygens (including phenoxy) is 1. The monoisotopic (exact) mass is 564 g/mol. The number of hydrogen-bond acceptors (Lipinski definition) is 1. The molecule has 2 atom stereocenters. The molecule has 0 aromatic heterocycles. The second-order valence-corrected chi connectivity index (χ2v) is 39.8. The zero-order chi connectivity index (χ0) is 21.9. The molecule has 0 saturated heterocycles. The normalized spacial score (nSPS) is 20.4. The van der Waals surface area contributed by atoms with Crippen LogP contribution in [0.2, 0.25) is 9.26 Å². The largest absolute Gasteiger partial charge is 0.147 e. The molecular formula is C27H36Cl2OSiZr. The van der Waals surface area contributed by atoms with Crippen LogP contribution in [0.5, 0.6) is 5.75 Å². The first-order valence-corrected chi connectivity index (χ1v) is 24.5. The predicted molar refractivity (Wildman–Crippen MR) is 144 cm³/mol. The summed E-state index contributed by atoms with van der Waals surface area (Å²) in [5.74, 6) is 1.52. The van der Waals surface area contributed by atoms with Gasteiger partial charge in [0.2, 0.25) is 0 Å². The van der Waals surface area contributed by atoms with Crippen molar-refractivity contribution >= 4 is 37.3 Å². The van der Waals surface area contributed by atoms with Gasteiger partial charge in [-0.1, -0.05) is 0 Å². The quantitative estimate of drug-likeness (QED) is 0.346. The molecule has 1 nitrogen and oxygen atoms in total. The smallest absolute Gasteiger partial charge is 0.147 e. The van der Waals surface area contributed by atoms with Crippen molar-refractivity contribution in [3.8, 4) is 5.75 Å². The van der Waals surface area contributed by atoms with E-state index < -0.39 is 17.4 Å². The number of benzene rings is 2. The Balaban J connectivity index is 0.00000181. The fourth-order valence-corrected chi connectivity index (χ4v) is 24.6. The van der Waals surface area contributed by atoms with Gasteiger partial charge < -0.3 is 0 Å². The summed E-state index contributed by atoms with van der Waals surface area (Å²) in [6, 6.07) is 17.5. The molecule has 2 aliphatic rings. The van der Waals surface area contributed by atoms with E-state index in [9.17, 15) is 0 Å². The van der Waals surface area contributed by atoms with Crippen molar-refractivity contribution in [1.29, 1.82) is 0 Å². The third-order valence-corrected chi connectivity index (χ3v) is 25.1. The van der Waals surface area contributed by atoms with Crippen LogP contribution in [-0.4, -0.2) is 14.0 Å². The third kappa shape index (κ3) is 4.09. The molecule has 0 heterocycles. The number of rotatable bonds is 4. The summed E-state index contributed by atoms with van der Waals surface area (Å²) in [6.07, 6.45) is 2.59. The number of allylic oxidation sites excluding steroid dienone is 5. The van der Waals surface area contributed by atoms with E-state index in [4.69, 9.17) is 4.74 Å². The number of methoxy groups -OCH3 is 1. The maximum Gasteiger partial charge on any atom is -0.147 e. The van der Waals surface area contributed by atoms with E-state index in [0.29, 0.717) is 9.54 Å². The van der Waals surface area contributed by atoms with Crippen LogP contribution in [-0.2, 0) is 17.4 Å². The molecule has 0 fully saturated rings. The fraction of sp³-hybridized carbons (Fsp3) is 0.333. The second kappa shape index (κ2) is 9.41.